The Morgan fingerprint density at radius 3 is 2.76 bits per heavy atom. The minimum atomic E-state index is -3.46. The van der Waals surface area contributed by atoms with E-state index in [1.807, 2.05) is 0 Å². The van der Waals surface area contributed by atoms with Gasteiger partial charge in [-0.1, -0.05) is 23.2 Å². The lowest BCUT2D eigenvalue weighted by Crippen LogP contribution is -2.23. The van der Waals surface area contributed by atoms with Crippen LogP contribution in [0.5, 0.6) is 0 Å². The van der Waals surface area contributed by atoms with Crippen molar-refractivity contribution in [2.24, 2.45) is 4.99 Å². The Morgan fingerprint density at radius 1 is 1.38 bits per heavy atom. The second-order valence-electron chi connectivity index (χ2n) is 4.89. The zero-order valence-electron chi connectivity index (χ0n) is 11.2. The van der Waals surface area contributed by atoms with Gasteiger partial charge >= 0.3 is 0 Å². The van der Waals surface area contributed by atoms with Crippen molar-refractivity contribution in [2.45, 2.75) is 11.4 Å². The van der Waals surface area contributed by atoms with Crippen molar-refractivity contribution < 1.29 is 8.42 Å². The minimum Gasteiger partial charge on any atom is -0.370 e. The first kappa shape index (κ1) is 14.7. The summed E-state index contributed by atoms with van der Waals surface area (Å²) in [5.74, 6) is 0.795. The molecule has 1 aromatic carbocycles. The van der Waals surface area contributed by atoms with Crippen LogP contribution in [0, 0.1) is 0 Å². The van der Waals surface area contributed by atoms with Gasteiger partial charge in [0.15, 0.2) is 9.84 Å². The fourth-order valence-corrected chi connectivity index (χ4v) is 4.30. The molecule has 0 unspecified atom stereocenters. The van der Waals surface area contributed by atoms with E-state index in [0.29, 0.717) is 17.0 Å². The second kappa shape index (κ2) is 5.19. The van der Waals surface area contributed by atoms with Crippen LogP contribution in [0.15, 0.2) is 28.1 Å². The predicted molar refractivity (Wildman–Crippen MR) is 85.4 cm³/mol. The highest BCUT2D eigenvalue weighted by Gasteiger charge is 2.24. The molecule has 1 aromatic heterocycles. The summed E-state index contributed by atoms with van der Waals surface area (Å²) in [6, 6.07) is 5.11. The Kier molecular flexibility index (Phi) is 3.63. The first-order valence-corrected chi connectivity index (χ1v) is 8.97. The Bertz CT molecular complexity index is 856. The van der Waals surface area contributed by atoms with Crippen LogP contribution in [-0.4, -0.2) is 38.2 Å². The van der Waals surface area contributed by atoms with Crippen LogP contribution in [-0.2, 0) is 16.4 Å². The first-order chi connectivity index (χ1) is 9.88. The molecule has 1 aliphatic heterocycles. The highest BCUT2D eigenvalue weighted by atomic mass is 35.5. The van der Waals surface area contributed by atoms with E-state index < -0.39 is 9.84 Å². The maximum atomic E-state index is 12.0. The molecular formula is C13H13Cl2N3O2S. The van der Waals surface area contributed by atoms with Crippen molar-refractivity contribution in [1.82, 2.24) is 9.88 Å². The van der Waals surface area contributed by atoms with Crippen LogP contribution in [0.3, 0.4) is 0 Å². The number of nitrogens with one attached hydrogen (secondary N) is 1. The van der Waals surface area contributed by atoms with Crippen LogP contribution in [0.4, 0.5) is 0 Å². The number of sulfone groups is 1. The molecule has 3 rings (SSSR count). The van der Waals surface area contributed by atoms with E-state index in [1.165, 1.54) is 0 Å². The lowest BCUT2D eigenvalue weighted by Gasteiger charge is -2.07. The molecule has 8 heteroatoms. The number of benzene rings is 1. The minimum absolute atomic E-state index is 0.111. The lowest BCUT2D eigenvalue weighted by atomic mass is 10.2. The summed E-state index contributed by atoms with van der Waals surface area (Å²) in [4.78, 5) is 4.43. The number of rotatable bonds is 3. The van der Waals surface area contributed by atoms with Gasteiger partial charge in [0.2, 0.25) is 0 Å². The highest BCUT2D eigenvalue weighted by Crippen LogP contribution is 2.35. The molecule has 0 bridgehead atoms. The van der Waals surface area contributed by atoms with Crippen molar-refractivity contribution in [3.8, 4) is 0 Å². The normalized spacial score (nSPS) is 15.3. The van der Waals surface area contributed by atoms with Gasteiger partial charge in [-0.25, -0.2) is 8.42 Å². The molecule has 2 aromatic rings. The van der Waals surface area contributed by atoms with Crippen molar-refractivity contribution in [2.75, 3.05) is 19.3 Å². The van der Waals surface area contributed by atoms with E-state index >= 15 is 0 Å². The van der Waals surface area contributed by atoms with Crippen LogP contribution < -0.4 is 5.32 Å². The van der Waals surface area contributed by atoms with Gasteiger partial charge in [0.25, 0.3) is 0 Å². The Balaban J connectivity index is 2.27. The number of halogens is 2. The maximum absolute atomic E-state index is 12.0. The Morgan fingerprint density at radius 2 is 2.14 bits per heavy atom. The van der Waals surface area contributed by atoms with E-state index in [4.69, 9.17) is 23.2 Å². The second-order valence-corrected chi connectivity index (χ2v) is 7.64. The number of hydrogen-bond acceptors (Lipinski definition) is 4. The van der Waals surface area contributed by atoms with Gasteiger partial charge in [0, 0.05) is 23.2 Å². The van der Waals surface area contributed by atoms with Crippen molar-refractivity contribution in [1.29, 1.82) is 0 Å². The van der Waals surface area contributed by atoms with Crippen LogP contribution >= 0.6 is 23.2 Å². The molecule has 0 fully saturated rings. The van der Waals surface area contributed by atoms with Crippen molar-refractivity contribution >= 4 is 49.8 Å². The summed E-state index contributed by atoms with van der Waals surface area (Å²) >= 11 is 12.3. The van der Waals surface area contributed by atoms with Crippen LogP contribution in [0.1, 0.15) is 0 Å². The quantitative estimate of drug-likeness (QED) is 0.928. The summed E-state index contributed by atoms with van der Waals surface area (Å²) in [7, 11) is -3.46. The monoisotopic (exact) mass is 345 g/mol. The fourth-order valence-electron chi connectivity index (χ4n) is 2.47. The average molecular weight is 346 g/mol. The number of fused-ring (bicyclic) bond motifs is 1. The molecule has 112 valence electrons. The van der Waals surface area contributed by atoms with E-state index in [2.05, 4.69) is 10.3 Å². The number of aromatic nitrogens is 1. The molecule has 0 spiro atoms. The molecule has 0 saturated carbocycles. The zero-order valence-corrected chi connectivity index (χ0v) is 13.6. The number of nitrogens with zero attached hydrogens (tertiary/aromatic N) is 2. The molecule has 1 aliphatic rings. The number of amidine groups is 1. The first-order valence-electron chi connectivity index (χ1n) is 6.32. The zero-order chi connectivity index (χ0) is 15.2. The largest absolute Gasteiger partial charge is 0.370 e. The van der Waals surface area contributed by atoms with Crippen molar-refractivity contribution in [3.63, 3.8) is 0 Å². The van der Waals surface area contributed by atoms with E-state index in [9.17, 15) is 8.42 Å². The molecule has 0 saturated heterocycles. The van der Waals surface area contributed by atoms with Gasteiger partial charge in [-0.05, 0) is 18.2 Å². The van der Waals surface area contributed by atoms with Gasteiger partial charge in [-0.2, -0.15) is 0 Å². The lowest BCUT2D eigenvalue weighted by molar-refractivity contribution is 0.602. The maximum Gasteiger partial charge on any atom is 0.179 e. The van der Waals surface area contributed by atoms with Gasteiger partial charge in [0.1, 0.15) is 15.9 Å². The average Bonchev–Trinajstić information content (AvgIpc) is 2.96. The smallest absolute Gasteiger partial charge is 0.179 e. The third kappa shape index (κ3) is 2.63. The van der Waals surface area contributed by atoms with Gasteiger partial charge in [0.05, 0.1) is 18.6 Å². The third-order valence-electron chi connectivity index (χ3n) is 3.34. The summed E-state index contributed by atoms with van der Waals surface area (Å²) in [5, 5.41) is 4.34. The summed E-state index contributed by atoms with van der Waals surface area (Å²) in [5.41, 5.74) is 0.723. The molecule has 0 radical (unpaired) electrons. The van der Waals surface area contributed by atoms with Gasteiger partial charge < -0.3 is 9.88 Å². The fraction of sp³-hybridized carbons (Fsp3) is 0.308. The van der Waals surface area contributed by atoms with Crippen LogP contribution in [0.2, 0.25) is 10.2 Å². The van der Waals surface area contributed by atoms with E-state index in [0.717, 1.165) is 30.7 Å². The number of aliphatic imine (C=N–C) groups is 1. The van der Waals surface area contributed by atoms with E-state index in [1.54, 1.807) is 22.8 Å². The SMILES string of the molecule is CS(=O)(=O)c1c(Cl)n(CC2=NCCN2)c2ccc(Cl)cc12. The van der Waals surface area contributed by atoms with Gasteiger partial charge in [-0.3, -0.25) is 4.99 Å². The third-order valence-corrected chi connectivity index (χ3v) is 5.24. The summed E-state index contributed by atoms with van der Waals surface area (Å²) < 4.78 is 25.8. The Labute approximate surface area is 132 Å². The molecule has 1 N–H and O–H groups in total. The molecule has 0 amide bonds. The molecule has 0 aliphatic carbocycles. The molecule has 5 nitrogen and oxygen atoms in total. The number of hydrogen-bond donors (Lipinski definition) is 1. The molecule has 21 heavy (non-hydrogen) atoms. The van der Waals surface area contributed by atoms with Gasteiger partial charge in [-0.15, -0.1) is 0 Å². The highest BCUT2D eigenvalue weighted by molar-refractivity contribution is 7.91. The van der Waals surface area contributed by atoms with Crippen LogP contribution in [0.25, 0.3) is 10.9 Å². The molecule has 0 atom stereocenters. The standard InChI is InChI=1S/C13H13Cl2N3O2S/c1-21(19,20)12-9-6-8(14)2-3-10(9)18(13(12)15)7-11-16-4-5-17-11/h2-3,6H,4-5,7H2,1H3,(H,16,17). The Hall–Kier alpha value is -1.24. The summed E-state index contributed by atoms with van der Waals surface area (Å²) in [6.07, 6.45) is 1.14. The molecular weight excluding hydrogens is 333 g/mol. The topological polar surface area (TPSA) is 63.5 Å². The molecule has 2 heterocycles. The van der Waals surface area contributed by atoms with Crippen molar-refractivity contribution in [3.05, 3.63) is 28.4 Å². The predicted octanol–water partition coefficient (Wildman–Crippen LogP) is 2.35. The summed E-state index contributed by atoms with van der Waals surface area (Å²) in [6.45, 7) is 1.92. The van der Waals surface area contributed by atoms with E-state index in [-0.39, 0.29) is 10.0 Å².